The van der Waals surface area contributed by atoms with Crippen molar-refractivity contribution < 1.29 is 9.15 Å². The third-order valence-corrected chi connectivity index (χ3v) is 4.84. The first-order valence-electron chi connectivity index (χ1n) is 7.40. The van der Waals surface area contributed by atoms with Crippen molar-refractivity contribution in [2.75, 3.05) is 7.11 Å². The molecule has 0 radical (unpaired) electrons. The molecule has 0 aliphatic rings. The van der Waals surface area contributed by atoms with Crippen LogP contribution in [0, 0.1) is 6.92 Å². The molecule has 0 fully saturated rings. The molecule has 0 aliphatic heterocycles. The zero-order valence-electron chi connectivity index (χ0n) is 13.2. The standard InChI is InChI=1S/C19H18O3S/c1-13-5-3-4-6-14(13)11-23-12-15-9-19(20)22-18-10-16(21-2)7-8-17(15)18/h3-10H,11-12H2,1-2H3. The molecule has 1 heterocycles. The van der Waals surface area contributed by atoms with Gasteiger partial charge in [0.15, 0.2) is 0 Å². The topological polar surface area (TPSA) is 39.4 Å². The minimum absolute atomic E-state index is 0.322. The molecule has 118 valence electrons. The van der Waals surface area contributed by atoms with Crippen LogP contribution in [0.5, 0.6) is 5.75 Å². The number of methoxy groups -OCH3 is 1. The normalized spacial score (nSPS) is 10.9. The van der Waals surface area contributed by atoms with Gasteiger partial charge < -0.3 is 9.15 Å². The summed E-state index contributed by atoms with van der Waals surface area (Å²) in [7, 11) is 1.60. The van der Waals surface area contributed by atoms with Gasteiger partial charge in [0.2, 0.25) is 0 Å². The van der Waals surface area contributed by atoms with E-state index in [-0.39, 0.29) is 5.63 Å². The molecule has 0 atom stereocenters. The fraction of sp³-hybridized carbons (Fsp3) is 0.211. The van der Waals surface area contributed by atoms with E-state index in [9.17, 15) is 4.79 Å². The van der Waals surface area contributed by atoms with Crippen molar-refractivity contribution in [1.82, 2.24) is 0 Å². The van der Waals surface area contributed by atoms with Crippen molar-refractivity contribution in [1.29, 1.82) is 0 Å². The Morgan fingerprint density at radius 3 is 2.61 bits per heavy atom. The summed E-state index contributed by atoms with van der Waals surface area (Å²) >= 11 is 1.80. The highest BCUT2D eigenvalue weighted by molar-refractivity contribution is 7.97. The summed E-state index contributed by atoms with van der Waals surface area (Å²) in [6, 6.07) is 15.5. The largest absolute Gasteiger partial charge is 0.497 e. The number of thioether (sulfide) groups is 1. The van der Waals surface area contributed by atoms with E-state index in [0.717, 1.165) is 22.5 Å². The lowest BCUT2D eigenvalue weighted by Crippen LogP contribution is -2.00. The van der Waals surface area contributed by atoms with Crippen molar-refractivity contribution in [2.45, 2.75) is 18.4 Å². The Labute approximate surface area is 139 Å². The Hall–Kier alpha value is -2.20. The first-order valence-corrected chi connectivity index (χ1v) is 8.56. The van der Waals surface area contributed by atoms with E-state index in [1.165, 1.54) is 11.1 Å². The molecule has 3 nitrogen and oxygen atoms in total. The van der Waals surface area contributed by atoms with E-state index >= 15 is 0 Å². The van der Waals surface area contributed by atoms with Crippen LogP contribution in [-0.2, 0) is 11.5 Å². The van der Waals surface area contributed by atoms with Gasteiger partial charge in [-0.05, 0) is 35.7 Å². The number of benzene rings is 2. The first kappa shape index (κ1) is 15.7. The maximum absolute atomic E-state index is 11.8. The molecule has 1 aromatic heterocycles. The zero-order valence-corrected chi connectivity index (χ0v) is 14.0. The van der Waals surface area contributed by atoms with E-state index in [1.54, 1.807) is 31.0 Å². The third-order valence-electron chi connectivity index (χ3n) is 3.81. The number of hydrogen-bond donors (Lipinski definition) is 0. The van der Waals surface area contributed by atoms with Crippen LogP contribution in [0.1, 0.15) is 16.7 Å². The van der Waals surface area contributed by atoms with Gasteiger partial charge in [-0.2, -0.15) is 11.8 Å². The number of aryl methyl sites for hydroxylation is 1. The molecule has 0 aliphatic carbocycles. The van der Waals surface area contributed by atoms with Gasteiger partial charge in [0, 0.05) is 29.0 Å². The van der Waals surface area contributed by atoms with Gasteiger partial charge in [0.05, 0.1) is 7.11 Å². The van der Waals surface area contributed by atoms with Gasteiger partial charge in [-0.15, -0.1) is 0 Å². The maximum Gasteiger partial charge on any atom is 0.336 e. The molecule has 2 aromatic carbocycles. The smallest absolute Gasteiger partial charge is 0.336 e. The molecule has 0 saturated carbocycles. The van der Waals surface area contributed by atoms with Gasteiger partial charge in [-0.3, -0.25) is 0 Å². The summed E-state index contributed by atoms with van der Waals surface area (Å²) in [6.45, 7) is 2.12. The molecule has 3 aromatic rings. The van der Waals surface area contributed by atoms with Crippen LogP contribution in [0.3, 0.4) is 0 Å². The van der Waals surface area contributed by atoms with Gasteiger partial charge in [-0.1, -0.05) is 24.3 Å². The van der Waals surface area contributed by atoms with Gasteiger partial charge in [0.25, 0.3) is 0 Å². The Morgan fingerprint density at radius 1 is 1.04 bits per heavy atom. The van der Waals surface area contributed by atoms with E-state index in [4.69, 9.17) is 9.15 Å². The zero-order chi connectivity index (χ0) is 16.2. The number of rotatable bonds is 5. The summed E-state index contributed by atoms with van der Waals surface area (Å²) < 4.78 is 10.5. The Kier molecular flexibility index (Phi) is 4.72. The van der Waals surface area contributed by atoms with Gasteiger partial charge >= 0.3 is 5.63 Å². The molecular weight excluding hydrogens is 308 g/mol. The van der Waals surface area contributed by atoms with Crippen LogP contribution in [0.25, 0.3) is 11.0 Å². The molecule has 23 heavy (non-hydrogen) atoms. The second-order valence-corrected chi connectivity index (χ2v) is 6.36. The summed E-state index contributed by atoms with van der Waals surface area (Å²) in [5.74, 6) is 2.37. The lowest BCUT2D eigenvalue weighted by Gasteiger charge is -2.08. The van der Waals surface area contributed by atoms with Crippen LogP contribution in [0.15, 0.2) is 57.7 Å². The lowest BCUT2D eigenvalue weighted by molar-refractivity contribution is 0.414. The quantitative estimate of drug-likeness (QED) is 0.645. The molecule has 0 spiro atoms. The number of ether oxygens (including phenoxy) is 1. The van der Waals surface area contributed by atoms with Crippen molar-refractivity contribution in [2.24, 2.45) is 0 Å². The second kappa shape index (κ2) is 6.92. The number of hydrogen-bond acceptors (Lipinski definition) is 4. The van der Waals surface area contributed by atoms with Crippen molar-refractivity contribution in [3.8, 4) is 5.75 Å². The summed E-state index contributed by atoms with van der Waals surface area (Å²) in [4.78, 5) is 11.8. The van der Waals surface area contributed by atoms with Crippen LogP contribution in [-0.4, -0.2) is 7.11 Å². The van der Waals surface area contributed by atoms with E-state index in [1.807, 2.05) is 18.2 Å². The van der Waals surface area contributed by atoms with Gasteiger partial charge in [-0.25, -0.2) is 4.79 Å². The summed E-state index contributed by atoms with van der Waals surface area (Å²) in [5.41, 5.74) is 3.87. The highest BCUT2D eigenvalue weighted by Crippen LogP contribution is 2.26. The summed E-state index contributed by atoms with van der Waals surface area (Å²) in [5, 5.41) is 0.961. The lowest BCUT2D eigenvalue weighted by atomic mass is 10.1. The SMILES string of the molecule is COc1ccc2c(CSCc3ccccc3C)cc(=O)oc2c1. The minimum atomic E-state index is -0.322. The molecule has 3 rings (SSSR count). The Morgan fingerprint density at radius 2 is 1.83 bits per heavy atom. The monoisotopic (exact) mass is 326 g/mol. The molecule has 0 unspecified atom stereocenters. The molecule has 0 bridgehead atoms. The molecule has 0 N–H and O–H groups in total. The van der Waals surface area contributed by atoms with Crippen LogP contribution in [0.4, 0.5) is 0 Å². The average Bonchev–Trinajstić information content (AvgIpc) is 2.55. The fourth-order valence-electron chi connectivity index (χ4n) is 2.50. The highest BCUT2D eigenvalue weighted by atomic mass is 32.2. The average molecular weight is 326 g/mol. The Bertz CT molecular complexity index is 883. The molecule has 0 saturated heterocycles. The minimum Gasteiger partial charge on any atom is -0.497 e. The van der Waals surface area contributed by atoms with Gasteiger partial charge in [0.1, 0.15) is 11.3 Å². The van der Waals surface area contributed by atoms with Crippen molar-refractivity contribution in [3.63, 3.8) is 0 Å². The predicted molar refractivity (Wildman–Crippen MR) is 95.2 cm³/mol. The van der Waals surface area contributed by atoms with Crippen LogP contribution < -0.4 is 10.4 Å². The predicted octanol–water partition coefficient (Wildman–Crippen LogP) is 4.54. The van der Waals surface area contributed by atoms with Crippen molar-refractivity contribution >= 4 is 22.7 Å². The molecular formula is C19H18O3S. The molecule has 4 heteroatoms. The third kappa shape index (κ3) is 3.59. The second-order valence-electron chi connectivity index (χ2n) is 5.37. The van der Waals surface area contributed by atoms with Crippen molar-refractivity contribution in [3.05, 3.63) is 75.6 Å². The summed E-state index contributed by atoms with van der Waals surface area (Å²) in [6.07, 6.45) is 0. The highest BCUT2D eigenvalue weighted by Gasteiger charge is 2.07. The number of fused-ring (bicyclic) bond motifs is 1. The van der Waals surface area contributed by atoms with E-state index < -0.39 is 0 Å². The van der Waals surface area contributed by atoms with Crippen LogP contribution >= 0.6 is 11.8 Å². The van der Waals surface area contributed by atoms with E-state index in [0.29, 0.717) is 11.3 Å². The fourth-order valence-corrected chi connectivity index (χ4v) is 3.60. The Balaban J connectivity index is 1.82. The first-order chi connectivity index (χ1) is 11.2. The molecule has 0 amide bonds. The van der Waals surface area contributed by atoms with E-state index in [2.05, 4.69) is 25.1 Å². The van der Waals surface area contributed by atoms with Crippen LogP contribution in [0.2, 0.25) is 0 Å². The maximum atomic E-state index is 11.8.